The fourth-order valence-electron chi connectivity index (χ4n) is 1.43. The van der Waals surface area contributed by atoms with Crippen LogP contribution in [0.4, 0.5) is 0 Å². The van der Waals surface area contributed by atoms with Gasteiger partial charge >= 0.3 is 5.97 Å². The van der Waals surface area contributed by atoms with Crippen LogP contribution in [0.3, 0.4) is 0 Å². The van der Waals surface area contributed by atoms with E-state index in [9.17, 15) is 4.79 Å². The van der Waals surface area contributed by atoms with Crippen molar-refractivity contribution in [2.24, 2.45) is 0 Å². The molecule has 17 heavy (non-hydrogen) atoms. The van der Waals surface area contributed by atoms with Crippen LogP contribution in [0.1, 0.15) is 24.8 Å². The quantitative estimate of drug-likeness (QED) is 0.597. The molecule has 94 valence electrons. The number of ether oxygens (including phenoxy) is 1. The molecule has 3 nitrogen and oxygen atoms in total. The number of carbonyl (C=O) groups excluding carboxylic acids is 1. The van der Waals surface area contributed by atoms with Crippen molar-refractivity contribution in [1.29, 1.82) is 0 Å². The molecule has 1 unspecified atom stereocenters. The van der Waals surface area contributed by atoms with Gasteiger partial charge in [-0.15, -0.1) is 11.3 Å². The molecular weight excluding hydrogens is 234 g/mol. The van der Waals surface area contributed by atoms with Gasteiger partial charge in [0.15, 0.2) is 0 Å². The molecule has 0 saturated carbocycles. The van der Waals surface area contributed by atoms with Crippen LogP contribution < -0.4 is 0 Å². The highest BCUT2D eigenvalue weighted by Crippen LogP contribution is 2.23. The van der Waals surface area contributed by atoms with E-state index in [2.05, 4.69) is 34.1 Å². The van der Waals surface area contributed by atoms with Crippen molar-refractivity contribution >= 4 is 17.3 Å². The normalized spacial score (nSPS) is 13.8. The minimum Gasteiger partial charge on any atom is -0.466 e. The highest BCUT2D eigenvalue weighted by Gasteiger charge is 2.11. The lowest BCUT2D eigenvalue weighted by molar-refractivity contribution is -0.136. The van der Waals surface area contributed by atoms with Crippen molar-refractivity contribution in [3.8, 4) is 0 Å². The van der Waals surface area contributed by atoms with Crippen molar-refractivity contribution in [3.05, 3.63) is 34.0 Å². The highest BCUT2D eigenvalue weighted by molar-refractivity contribution is 7.10. The first-order chi connectivity index (χ1) is 8.06. The van der Waals surface area contributed by atoms with E-state index >= 15 is 0 Å². The van der Waals surface area contributed by atoms with Gasteiger partial charge in [-0.05, 0) is 32.3 Å². The van der Waals surface area contributed by atoms with E-state index < -0.39 is 0 Å². The minimum atomic E-state index is -0.262. The molecule has 1 atom stereocenters. The molecule has 0 aliphatic heterocycles. The number of rotatable bonds is 5. The Morgan fingerprint density at radius 3 is 2.88 bits per heavy atom. The van der Waals surface area contributed by atoms with Gasteiger partial charge in [0.05, 0.1) is 7.11 Å². The number of carbonyl (C=O) groups is 1. The summed E-state index contributed by atoms with van der Waals surface area (Å²) in [7, 11) is 3.45. The molecule has 0 spiro atoms. The second-order valence-electron chi connectivity index (χ2n) is 4.01. The summed E-state index contributed by atoms with van der Waals surface area (Å²) in [6, 6.07) is 4.54. The summed E-state index contributed by atoms with van der Waals surface area (Å²) < 4.78 is 4.65. The molecule has 0 aromatic carbocycles. The first-order valence-corrected chi connectivity index (χ1v) is 6.43. The van der Waals surface area contributed by atoms with E-state index in [1.54, 1.807) is 18.3 Å². The lowest BCUT2D eigenvalue weighted by Gasteiger charge is -2.22. The monoisotopic (exact) mass is 253 g/mol. The van der Waals surface area contributed by atoms with Crippen LogP contribution in [-0.2, 0) is 9.53 Å². The summed E-state index contributed by atoms with van der Waals surface area (Å²) in [5.74, 6) is -0.262. The fraction of sp³-hybridized carbons (Fsp3) is 0.462. The molecule has 0 bridgehead atoms. The van der Waals surface area contributed by atoms with E-state index in [0.29, 0.717) is 11.6 Å². The molecule has 0 radical (unpaired) electrons. The summed E-state index contributed by atoms with van der Waals surface area (Å²) in [4.78, 5) is 14.7. The van der Waals surface area contributed by atoms with Crippen LogP contribution in [0.25, 0.3) is 0 Å². The summed E-state index contributed by atoms with van der Waals surface area (Å²) in [6.45, 7) is 4.67. The van der Waals surface area contributed by atoms with Crippen molar-refractivity contribution in [2.75, 3.05) is 20.7 Å². The molecule has 1 aromatic heterocycles. The number of thiophene rings is 1. The van der Waals surface area contributed by atoms with Gasteiger partial charge in [-0.2, -0.15) is 0 Å². The minimum absolute atomic E-state index is 0.262. The summed E-state index contributed by atoms with van der Waals surface area (Å²) >= 11 is 1.75. The fourth-order valence-corrected chi connectivity index (χ4v) is 2.28. The standard InChI is InChI=1S/C13H19NO2S/c1-10(13(15)16-4)7-8-14(3)11(2)12-6-5-9-17-12/h5-7,9,11H,8H2,1-4H3. The van der Waals surface area contributed by atoms with Crippen LogP contribution in [0.2, 0.25) is 0 Å². The molecule has 0 aliphatic carbocycles. The van der Waals surface area contributed by atoms with Crippen LogP contribution in [-0.4, -0.2) is 31.6 Å². The zero-order valence-electron chi connectivity index (χ0n) is 10.8. The number of nitrogens with zero attached hydrogens (tertiary/aromatic N) is 1. The predicted molar refractivity (Wildman–Crippen MR) is 71.1 cm³/mol. The van der Waals surface area contributed by atoms with E-state index in [0.717, 1.165) is 6.54 Å². The molecule has 0 aliphatic rings. The van der Waals surface area contributed by atoms with E-state index in [-0.39, 0.29) is 5.97 Å². The third-order valence-electron chi connectivity index (χ3n) is 2.81. The van der Waals surface area contributed by atoms with Gasteiger partial charge in [-0.1, -0.05) is 12.1 Å². The highest BCUT2D eigenvalue weighted by atomic mass is 32.1. The number of esters is 1. The predicted octanol–water partition coefficient (Wildman–Crippen LogP) is 2.86. The Bertz CT molecular complexity index is 384. The van der Waals surface area contributed by atoms with E-state index in [1.165, 1.54) is 12.0 Å². The average Bonchev–Trinajstić information content (AvgIpc) is 2.87. The maximum atomic E-state index is 11.2. The SMILES string of the molecule is COC(=O)C(C)=CCN(C)C(C)c1cccs1. The molecule has 4 heteroatoms. The maximum absolute atomic E-state index is 11.2. The van der Waals surface area contributed by atoms with Crippen molar-refractivity contribution in [3.63, 3.8) is 0 Å². The largest absolute Gasteiger partial charge is 0.466 e. The van der Waals surface area contributed by atoms with Crippen LogP contribution in [0.5, 0.6) is 0 Å². The van der Waals surface area contributed by atoms with Gasteiger partial charge in [0.2, 0.25) is 0 Å². The van der Waals surface area contributed by atoms with E-state index in [1.807, 2.05) is 13.1 Å². The molecule has 1 aromatic rings. The van der Waals surface area contributed by atoms with Gasteiger partial charge < -0.3 is 4.74 Å². The molecule has 0 amide bonds. The van der Waals surface area contributed by atoms with Crippen LogP contribution in [0, 0.1) is 0 Å². The van der Waals surface area contributed by atoms with Crippen molar-refractivity contribution in [2.45, 2.75) is 19.9 Å². The maximum Gasteiger partial charge on any atom is 0.333 e. The first-order valence-electron chi connectivity index (χ1n) is 5.55. The topological polar surface area (TPSA) is 29.5 Å². The number of methoxy groups -OCH3 is 1. The smallest absolute Gasteiger partial charge is 0.333 e. The Morgan fingerprint density at radius 1 is 1.65 bits per heavy atom. The Morgan fingerprint density at radius 2 is 2.35 bits per heavy atom. The Balaban J connectivity index is 2.55. The third kappa shape index (κ3) is 3.98. The lowest BCUT2D eigenvalue weighted by Crippen LogP contribution is -2.22. The summed E-state index contributed by atoms with van der Waals surface area (Å²) in [5.41, 5.74) is 0.651. The molecule has 1 heterocycles. The third-order valence-corrected chi connectivity index (χ3v) is 3.85. The molecular formula is C13H19NO2S. The second-order valence-corrected chi connectivity index (χ2v) is 4.99. The van der Waals surface area contributed by atoms with Gasteiger partial charge in [0, 0.05) is 23.0 Å². The number of hydrogen-bond donors (Lipinski definition) is 0. The Labute approximate surface area is 107 Å². The van der Waals surface area contributed by atoms with Crippen molar-refractivity contribution < 1.29 is 9.53 Å². The Kier molecular flexibility index (Phi) is 5.38. The van der Waals surface area contributed by atoms with Crippen LogP contribution >= 0.6 is 11.3 Å². The Hall–Kier alpha value is -1.13. The average molecular weight is 253 g/mol. The first kappa shape index (κ1) is 13.9. The van der Waals surface area contributed by atoms with Gasteiger partial charge in [0.1, 0.15) is 0 Å². The molecule has 0 fully saturated rings. The second kappa shape index (κ2) is 6.57. The number of hydrogen-bond acceptors (Lipinski definition) is 4. The zero-order valence-corrected chi connectivity index (χ0v) is 11.6. The van der Waals surface area contributed by atoms with E-state index in [4.69, 9.17) is 0 Å². The lowest BCUT2D eigenvalue weighted by atomic mass is 10.2. The van der Waals surface area contributed by atoms with Gasteiger partial charge in [-0.25, -0.2) is 4.79 Å². The molecule has 0 N–H and O–H groups in total. The summed E-state index contributed by atoms with van der Waals surface area (Å²) in [6.07, 6.45) is 1.90. The van der Waals surface area contributed by atoms with Crippen molar-refractivity contribution in [1.82, 2.24) is 4.90 Å². The zero-order chi connectivity index (χ0) is 12.8. The van der Waals surface area contributed by atoms with Gasteiger partial charge in [0.25, 0.3) is 0 Å². The van der Waals surface area contributed by atoms with Crippen LogP contribution in [0.15, 0.2) is 29.2 Å². The molecule has 0 saturated heterocycles. The number of likely N-dealkylation sites (N-methyl/N-ethyl adjacent to an activating group) is 1. The molecule has 1 rings (SSSR count). The summed E-state index contributed by atoms with van der Waals surface area (Å²) in [5, 5.41) is 2.08. The van der Waals surface area contributed by atoms with Gasteiger partial charge in [-0.3, -0.25) is 4.90 Å².